The smallest absolute Gasteiger partial charge is 0.206 e. The van der Waals surface area contributed by atoms with Crippen molar-refractivity contribution in [2.24, 2.45) is 5.73 Å². The van der Waals surface area contributed by atoms with Crippen molar-refractivity contribution in [1.29, 1.82) is 0 Å². The van der Waals surface area contributed by atoms with Crippen LogP contribution in [-0.4, -0.2) is 25.5 Å². The number of benzene rings is 1. The Morgan fingerprint density at radius 1 is 1.36 bits per heavy atom. The molecule has 1 aromatic carbocycles. The highest BCUT2D eigenvalue weighted by Gasteiger charge is 2.23. The second-order valence-corrected chi connectivity index (χ2v) is 5.71. The molecule has 0 saturated heterocycles. The number of halogens is 1. The van der Waals surface area contributed by atoms with Crippen LogP contribution in [0.4, 0.5) is 0 Å². The fourth-order valence-electron chi connectivity index (χ4n) is 0.908. The molecule has 3 N–H and O–H groups in total. The third kappa shape index (κ3) is 2.33. The first-order valence-electron chi connectivity index (χ1n) is 3.86. The van der Waals surface area contributed by atoms with Crippen molar-refractivity contribution in [3.05, 3.63) is 28.7 Å². The predicted octanol–water partition coefficient (Wildman–Crippen LogP) is 0.500. The van der Waals surface area contributed by atoms with Gasteiger partial charge < -0.3 is 10.8 Å². The van der Waals surface area contributed by atoms with Gasteiger partial charge in [0.05, 0.1) is 4.90 Å². The molecule has 4 nitrogen and oxygen atoms in total. The van der Waals surface area contributed by atoms with Crippen LogP contribution in [0.3, 0.4) is 0 Å². The number of sulfone groups is 1. The first-order chi connectivity index (χ1) is 6.48. The Hall–Kier alpha value is -0.430. The predicted molar refractivity (Wildman–Crippen MR) is 56.4 cm³/mol. The highest BCUT2D eigenvalue weighted by molar-refractivity contribution is 9.10. The zero-order valence-electron chi connectivity index (χ0n) is 7.22. The Morgan fingerprint density at radius 2 is 1.86 bits per heavy atom. The van der Waals surface area contributed by atoms with E-state index in [1.54, 1.807) is 12.1 Å². The van der Waals surface area contributed by atoms with Gasteiger partial charge >= 0.3 is 0 Å². The number of nitrogens with two attached hydrogens (primary N) is 1. The van der Waals surface area contributed by atoms with Crippen molar-refractivity contribution in [2.75, 3.05) is 6.54 Å². The van der Waals surface area contributed by atoms with Crippen molar-refractivity contribution in [3.8, 4) is 0 Å². The average molecular weight is 280 g/mol. The van der Waals surface area contributed by atoms with Crippen molar-refractivity contribution >= 4 is 25.8 Å². The lowest BCUT2D eigenvalue weighted by atomic mass is 10.4. The van der Waals surface area contributed by atoms with Gasteiger partial charge in [0, 0.05) is 11.0 Å². The maximum atomic E-state index is 11.5. The molecular formula is C8H10BrNO3S. The summed E-state index contributed by atoms with van der Waals surface area (Å²) >= 11 is 3.18. The molecule has 0 fully saturated rings. The molecule has 0 heterocycles. The maximum Gasteiger partial charge on any atom is 0.206 e. The SMILES string of the molecule is NCC(O)S(=O)(=O)c1ccc(Br)cc1. The van der Waals surface area contributed by atoms with E-state index in [1.807, 2.05) is 0 Å². The zero-order valence-corrected chi connectivity index (χ0v) is 9.62. The summed E-state index contributed by atoms with van der Waals surface area (Å²) in [5.74, 6) is 0. The van der Waals surface area contributed by atoms with Gasteiger partial charge in [0.2, 0.25) is 9.84 Å². The van der Waals surface area contributed by atoms with Crippen LogP contribution in [0, 0.1) is 0 Å². The third-order valence-electron chi connectivity index (χ3n) is 1.70. The van der Waals surface area contributed by atoms with E-state index in [0.717, 1.165) is 4.47 Å². The van der Waals surface area contributed by atoms with E-state index in [1.165, 1.54) is 12.1 Å². The van der Waals surface area contributed by atoms with Crippen LogP contribution in [-0.2, 0) is 9.84 Å². The van der Waals surface area contributed by atoms with Crippen LogP contribution in [0.15, 0.2) is 33.6 Å². The maximum absolute atomic E-state index is 11.5. The van der Waals surface area contributed by atoms with Gasteiger partial charge in [-0.2, -0.15) is 0 Å². The summed E-state index contributed by atoms with van der Waals surface area (Å²) < 4.78 is 23.8. The molecule has 0 saturated carbocycles. The lowest BCUT2D eigenvalue weighted by Crippen LogP contribution is -2.29. The van der Waals surface area contributed by atoms with Crippen LogP contribution in [0.25, 0.3) is 0 Å². The minimum atomic E-state index is -3.70. The molecule has 0 aliphatic carbocycles. The summed E-state index contributed by atoms with van der Waals surface area (Å²) in [6.45, 7) is -0.307. The lowest BCUT2D eigenvalue weighted by molar-refractivity contribution is 0.256. The molecule has 0 spiro atoms. The number of hydrogen-bond acceptors (Lipinski definition) is 4. The normalized spacial score (nSPS) is 13.9. The van der Waals surface area contributed by atoms with Crippen molar-refractivity contribution < 1.29 is 13.5 Å². The van der Waals surface area contributed by atoms with Crippen LogP contribution in [0.5, 0.6) is 0 Å². The molecule has 0 amide bonds. The second kappa shape index (κ2) is 4.39. The fraction of sp³-hybridized carbons (Fsp3) is 0.250. The second-order valence-electron chi connectivity index (χ2n) is 2.69. The highest BCUT2D eigenvalue weighted by Crippen LogP contribution is 2.17. The summed E-state index contributed by atoms with van der Waals surface area (Å²) in [5.41, 5.74) is 3.55. The Morgan fingerprint density at radius 3 is 2.29 bits per heavy atom. The molecule has 0 radical (unpaired) electrons. The Kier molecular flexibility index (Phi) is 3.65. The Balaban J connectivity index is 3.11. The summed E-state index contributed by atoms with van der Waals surface area (Å²) in [7, 11) is -3.70. The van der Waals surface area contributed by atoms with E-state index in [4.69, 9.17) is 5.73 Å². The van der Waals surface area contributed by atoms with Gasteiger partial charge in [-0.3, -0.25) is 0 Å². The molecule has 1 aromatic rings. The third-order valence-corrected chi connectivity index (χ3v) is 4.07. The lowest BCUT2D eigenvalue weighted by Gasteiger charge is -2.09. The van der Waals surface area contributed by atoms with Crippen molar-refractivity contribution in [3.63, 3.8) is 0 Å². The largest absolute Gasteiger partial charge is 0.376 e. The van der Waals surface area contributed by atoms with Gasteiger partial charge in [-0.05, 0) is 24.3 Å². The summed E-state index contributed by atoms with van der Waals surface area (Å²) in [6.07, 6.45) is 0. The number of rotatable bonds is 3. The van der Waals surface area contributed by atoms with Crippen molar-refractivity contribution in [2.45, 2.75) is 10.3 Å². The molecule has 0 aliphatic rings. The fourth-order valence-corrected chi connectivity index (χ4v) is 2.26. The Labute approximate surface area is 90.8 Å². The summed E-state index contributed by atoms with van der Waals surface area (Å²) in [4.78, 5) is 0.0682. The molecule has 14 heavy (non-hydrogen) atoms. The van der Waals surface area contributed by atoms with Crippen LogP contribution < -0.4 is 5.73 Å². The highest BCUT2D eigenvalue weighted by atomic mass is 79.9. The van der Waals surface area contributed by atoms with Gasteiger partial charge in [-0.15, -0.1) is 0 Å². The molecule has 6 heteroatoms. The van der Waals surface area contributed by atoms with E-state index >= 15 is 0 Å². The van der Waals surface area contributed by atoms with Gasteiger partial charge in [0.1, 0.15) is 0 Å². The van der Waals surface area contributed by atoms with Crippen LogP contribution in [0.2, 0.25) is 0 Å². The van der Waals surface area contributed by atoms with E-state index < -0.39 is 15.3 Å². The van der Waals surface area contributed by atoms with Crippen LogP contribution in [0.1, 0.15) is 0 Å². The molecule has 78 valence electrons. The zero-order chi connectivity index (χ0) is 10.8. The van der Waals surface area contributed by atoms with Crippen LogP contribution >= 0.6 is 15.9 Å². The van der Waals surface area contributed by atoms with E-state index in [-0.39, 0.29) is 11.4 Å². The first-order valence-corrected chi connectivity index (χ1v) is 6.20. The van der Waals surface area contributed by atoms with Gasteiger partial charge in [-0.1, -0.05) is 15.9 Å². The summed E-state index contributed by atoms with van der Waals surface area (Å²) in [6, 6.07) is 6.02. The van der Waals surface area contributed by atoms with Gasteiger partial charge in [0.25, 0.3) is 0 Å². The molecule has 0 aromatic heterocycles. The first kappa shape index (κ1) is 11.6. The van der Waals surface area contributed by atoms with E-state index in [2.05, 4.69) is 15.9 Å². The number of aliphatic hydroxyl groups is 1. The topological polar surface area (TPSA) is 80.4 Å². The summed E-state index contributed by atoms with van der Waals surface area (Å²) in [5, 5.41) is 9.18. The Bertz CT molecular complexity index is 401. The molecule has 1 atom stereocenters. The molecule has 1 unspecified atom stereocenters. The molecular weight excluding hydrogens is 270 g/mol. The molecule has 0 aliphatic heterocycles. The van der Waals surface area contributed by atoms with Gasteiger partial charge in [-0.25, -0.2) is 8.42 Å². The minimum absolute atomic E-state index is 0.0682. The standard InChI is InChI=1S/C8H10BrNO3S/c9-6-1-3-7(4-2-6)14(12,13)8(11)5-10/h1-4,8,11H,5,10H2. The van der Waals surface area contributed by atoms with Gasteiger partial charge in [0.15, 0.2) is 5.44 Å². The average Bonchev–Trinajstić information content (AvgIpc) is 2.17. The number of hydrogen-bond donors (Lipinski definition) is 2. The van der Waals surface area contributed by atoms with Crippen molar-refractivity contribution in [1.82, 2.24) is 0 Å². The quantitative estimate of drug-likeness (QED) is 0.845. The monoisotopic (exact) mass is 279 g/mol. The molecule has 0 bridgehead atoms. The van der Waals surface area contributed by atoms with E-state index in [0.29, 0.717) is 0 Å². The molecule has 1 rings (SSSR count). The minimum Gasteiger partial charge on any atom is -0.376 e. The number of aliphatic hydroxyl groups excluding tert-OH is 1. The van der Waals surface area contributed by atoms with E-state index in [9.17, 15) is 13.5 Å².